The number of phenols is 1. The molecule has 1 aliphatic heterocycles. The maximum atomic E-state index is 14.1. The first kappa shape index (κ1) is 66.0. The molecule has 3 rings (SSSR count). The van der Waals surface area contributed by atoms with Gasteiger partial charge >= 0.3 is 29.8 Å². The van der Waals surface area contributed by atoms with Gasteiger partial charge in [0.15, 0.2) is 24.6 Å². The number of carbonyl (C=O) groups is 12. The maximum Gasteiger partial charge on any atom is 0.305 e. The molecule has 0 bridgehead atoms. The van der Waals surface area contributed by atoms with Crippen molar-refractivity contribution in [2.24, 2.45) is 23.3 Å². The Morgan fingerprint density at radius 3 is 1.57 bits per heavy atom. The van der Waals surface area contributed by atoms with Crippen LogP contribution in [0.15, 0.2) is 54.6 Å². The molecule has 0 aromatic heterocycles. The van der Waals surface area contributed by atoms with Crippen LogP contribution in [0.25, 0.3) is 0 Å². The summed E-state index contributed by atoms with van der Waals surface area (Å²) in [6.45, 7) is 10.1. The van der Waals surface area contributed by atoms with Crippen LogP contribution in [0.1, 0.15) is 79.9 Å². The lowest BCUT2D eigenvalue weighted by atomic mass is 9.98. The molecule has 1 fully saturated rings. The molecule has 2 aromatic rings. The number of primary amides is 1. The molecule has 1 saturated heterocycles. The van der Waals surface area contributed by atoms with Crippen LogP contribution < -0.4 is 43.4 Å². The van der Waals surface area contributed by atoms with E-state index in [1.54, 1.807) is 42.5 Å². The second-order valence-electron chi connectivity index (χ2n) is 19.4. The third kappa shape index (κ3) is 21.5. The van der Waals surface area contributed by atoms with Crippen molar-refractivity contribution in [3.8, 4) is 5.75 Å². The van der Waals surface area contributed by atoms with Crippen LogP contribution in [0, 0.1) is 11.8 Å². The minimum Gasteiger partial charge on any atom is -0.508 e. The Balaban J connectivity index is 1.81. The molecule has 440 valence electrons. The summed E-state index contributed by atoms with van der Waals surface area (Å²) in [5, 5.41) is 34.1. The van der Waals surface area contributed by atoms with Gasteiger partial charge in [0, 0.05) is 34.1 Å². The fraction of sp³-hybridized carbons (Fsp3) is 0.538. The molecule has 1 aliphatic rings. The maximum absolute atomic E-state index is 14.1. The van der Waals surface area contributed by atoms with Gasteiger partial charge in [0.1, 0.15) is 54.7 Å². The zero-order valence-electron chi connectivity index (χ0n) is 45.7. The largest absolute Gasteiger partial charge is 0.508 e. The van der Waals surface area contributed by atoms with Crippen molar-refractivity contribution < 1.29 is 96.2 Å². The van der Waals surface area contributed by atoms with E-state index in [1.807, 2.05) is 0 Å². The van der Waals surface area contributed by atoms with Gasteiger partial charge in [0.25, 0.3) is 0 Å². The van der Waals surface area contributed by atoms with Crippen LogP contribution in [0.4, 0.5) is 0 Å². The summed E-state index contributed by atoms with van der Waals surface area (Å²) in [4.78, 5) is 156. The Kier molecular flexibility index (Phi) is 25.9. The summed E-state index contributed by atoms with van der Waals surface area (Å²) >= 11 is 0. The van der Waals surface area contributed by atoms with Gasteiger partial charge in [-0.1, -0.05) is 70.2 Å². The Morgan fingerprint density at radius 1 is 0.562 bits per heavy atom. The minimum atomic E-state index is -1.86. The van der Waals surface area contributed by atoms with Crippen molar-refractivity contribution in [1.82, 2.24) is 31.9 Å². The zero-order chi connectivity index (χ0) is 60.1. The van der Waals surface area contributed by atoms with Crippen LogP contribution in [0.3, 0.4) is 0 Å². The van der Waals surface area contributed by atoms with Crippen LogP contribution in [-0.2, 0) is 98.8 Å². The first-order chi connectivity index (χ1) is 37.5. The molecular formula is C52H72N8O20. The highest BCUT2D eigenvalue weighted by atomic mass is 16.7. The third-order valence-corrected chi connectivity index (χ3v) is 11.9. The first-order valence-corrected chi connectivity index (χ1v) is 25.3. The van der Waals surface area contributed by atoms with Crippen LogP contribution in [0.2, 0.25) is 0 Å². The number of ether oxygens (including phenoxy) is 6. The summed E-state index contributed by atoms with van der Waals surface area (Å²) in [7, 11) is 0. The number of hydrogen-bond acceptors (Lipinski definition) is 20. The lowest BCUT2D eigenvalue weighted by molar-refractivity contribution is -0.308. The standard InChI is InChI=1S/C52H72N8O20/c1-24(2)40(50(73)58-37(45(54)68)22-76-52-44(79-30(9)64)43(78-29(8)63)42(77-28(7)62)38(80-52)23-75-27(6)61)60-51(74)41(25(3)4)59-49(72)36(21-39(66)67)57-48(71)35(20-31-13-11-10-12-14-31)56-46(69)26(5)55-47(70)34(53)19-32-15-17-33(65)18-16-32/h10-18,24-26,34-38,40-44,52,65H,19-23,53H2,1-9H3,(H2,54,68)(H,55,70)(H,56,69)(H,57,71)(H,58,73)(H,59,72)(H,60,74)(H,66,67)/t26-,34+,35+,36+,37+,38-,40+,41+,42-,43+,44-,52-/m1/s1. The molecule has 12 N–H and O–H groups in total. The number of nitrogens with one attached hydrogen (secondary N) is 6. The summed E-state index contributed by atoms with van der Waals surface area (Å²) in [5.41, 5.74) is 12.9. The number of aliphatic carboxylic acids is 1. The number of carbonyl (C=O) groups excluding carboxylic acids is 11. The quantitative estimate of drug-likeness (QED) is 0.0305. The molecule has 1 heterocycles. The van der Waals surface area contributed by atoms with Crippen LogP contribution in [0.5, 0.6) is 5.75 Å². The van der Waals surface area contributed by atoms with Crippen molar-refractivity contribution in [2.45, 2.75) is 155 Å². The number of benzene rings is 2. The van der Waals surface area contributed by atoms with E-state index in [2.05, 4.69) is 31.9 Å². The highest BCUT2D eigenvalue weighted by Gasteiger charge is 2.53. The van der Waals surface area contributed by atoms with Crippen molar-refractivity contribution in [2.75, 3.05) is 13.2 Å². The average molecular weight is 1130 g/mol. The van der Waals surface area contributed by atoms with E-state index < -0.39 is 176 Å². The van der Waals surface area contributed by atoms with Crippen molar-refractivity contribution in [3.63, 3.8) is 0 Å². The molecule has 2 aromatic carbocycles. The number of hydrogen-bond donors (Lipinski definition) is 10. The summed E-state index contributed by atoms with van der Waals surface area (Å²) in [6, 6.07) is 3.90. The molecule has 80 heavy (non-hydrogen) atoms. The number of carboxylic acid groups (broad SMARTS) is 1. The van der Waals surface area contributed by atoms with Gasteiger partial charge in [-0.3, -0.25) is 57.5 Å². The Bertz CT molecular complexity index is 2530. The monoisotopic (exact) mass is 1130 g/mol. The molecule has 12 atom stereocenters. The van der Waals surface area contributed by atoms with Crippen LogP contribution >= 0.6 is 0 Å². The summed E-state index contributed by atoms with van der Waals surface area (Å²) in [6.07, 6.45) is -9.18. The second kappa shape index (κ2) is 31.4. The predicted molar refractivity (Wildman–Crippen MR) is 276 cm³/mol. The van der Waals surface area contributed by atoms with E-state index in [1.165, 1.54) is 46.8 Å². The highest BCUT2D eigenvalue weighted by molar-refractivity contribution is 5.98. The molecule has 0 spiro atoms. The number of nitrogens with two attached hydrogens (primary N) is 2. The van der Waals surface area contributed by atoms with Gasteiger partial charge in [0.05, 0.1) is 19.1 Å². The fourth-order valence-electron chi connectivity index (χ4n) is 7.91. The van der Waals surface area contributed by atoms with Gasteiger partial charge in [0.2, 0.25) is 41.4 Å². The molecule has 28 nitrogen and oxygen atoms in total. The van der Waals surface area contributed by atoms with Crippen molar-refractivity contribution >= 4 is 71.2 Å². The molecule has 0 radical (unpaired) electrons. The average Bonchev–Trinajstić information content (AvgIpc) is 3.36. The molecule has 28 heteroatoms. The number of aromatic hydroxyl groups is 1. The van der Waals surface area contributed by atoms with E-state index in [4.69, 9.17) is 39.9 Å². The van der Waals surface area contributed by atoms with Gasteiger partial charge < -0.3 is 82.0 Å². The first-order valence-electron chi connectivity index (χ1n) is 25.3. The molecular weight excluding hydrogens is 1060 g/mol. The SMILES string of the molecule is CC(=O)OC[C@H]1O[C@@H](OC[C@H](NC(=O)[C@@H](NC(=O)[C@@H](NC(=O)[C@H](CC(=O)O)NC(=O)[C@H](Cc2ccccc2)NC(=O)[C@@H](C)NC(=O)[C@@H](N)Cc2ccc(O)cc2)C(C)C)C(C)C)C(N)=O)[C@H](OC(C)=O)[C@@H](OC(C)=O)[C@@H]1OC(C)=O. The van der Waals surface area contributed by atoms with E-state index in [0.717, 1.165) is 27.7 Å². The zero-order valence-corrected chi connectivity index (χ0v) is 45.7. The van der Waals surface area contributed by atoms with E-state index in [0.29, 0.717) is 11.1 Å². The fourth-order valence-corrected chi connectivity index (χ4v) is 7.91. The number of rotatable bonds is 29. The number of phenolic OH excluding ortho intramolecular Hbond substituents is 1. The molecule has 7 amide bonds. The van der Waals surface area contributed by atoms with Gasteiger partial charge in [-0.2, -0.15) is 0 Å². The van der Waals surface area contributed by atoms with E-state index in [-0.39, 0.29) is 18.6 Å². The summed E-state index contributed by atoms with van der Waals surface area (Å²) in [5.74, 6) is -13.5. The molecule has 0 saturated carbocycles. The number of amides is 7. The molecule has 0 unspecified atom stereocenters. The number of esters is 4. The van der Waals surface area contributed by atoms with Crippen molar-refractivity contribution in [1.29, 1.82) is 0 Å². The topological polar surface area (TPSA) is 425 Å². The predicted octanol–water partition coefficient (Wildman–Crippen LogP) is -2.19. The molecule has 0 aliphatic carbocycles. The van der Waals surface area contributed by atoms with E-state index >= 15 is 0 Å². The van der Waals surface area contributed by atoms with Gasteiger partial charge in [-0.05, 0) is 48.4 Å². The summed E-state index contributed by atoms with van der Waals surface area (Å²) < 4.78 is 32.8. The minimum absolute atomic E-state index is 0.0107. The normalized spacial score (nSPS) is 19.4. The second-order valence-corrected chi connectivity index (χ2v) is 19.4. The third-order valence-electron chi connectivity index (χ3n) is 11.9. The Labute approximate surface area is 460 Å². The highest BCUT2D eigenvalue weighted by Crippen LogP contribution is 2.30. The Hall–Kier alpha value is -8.24. The van der Waals surface area contributed by atoms with Crippen LogP contribution in [-0.4, -0.2) is 168 Å². The van der Waals surface area contributed by atoms with Crippen molar-refractivity contribution in [3.05, 3.63) is 65.7 Å². The smallest absolute Gasteiger partial charge is 0.305 e. The number of carboxylic acids is 1. The Morgan fingerprint density at radius 2 is 1.05 bits per heavy atom. The van der Waals surface area contributed by atoms with E-state index in [9.17, 15) is 67.7 Å². The van der Waals surface area contributed by atoms with Gasteiger partial charge in [-0.25, -0.2) is 0 Å². The van der Waals surface area contributed by atoms with Gasteiger partial charge in [-0.15, -0.1) is 0 Å². The lowest BCUT2D eigenvalue weighted by Gasteiger charge is -2.44. The lowest BCUT2D eigenvalue weighted by Crippen LogP contribution is -2.64.